The number of aryl methyl sites for hydroxylation is 1. The quantitative estimate of drug-likeness (QED) is 0.583. The first kappa shape index (κ1) is 12.1. The van der Waals surface area contributed by atoms with E-state index in [1.54, 1.807) is 12.2 Å². The maximum Gasteiger partial charge on any atom is 0.195 e. The van der Waals surface area contributed by atoms with Crippen LogP contribution in [0, 0.1) is 6.92 Å². The van der Waals surface area contributed by atoms with Crippen molar-refractivity contribution in [1.29, 1.82) is 0 Å². The molecule has 0 unspecified atom stereocenters. The van der Waals surface area contributed by atoms with E-state index in [-0.39, 0.29) is 5.78 Å². The lowest BCUT2D eigenvalue weighted by Crippen LogP contribution is -1.88. The third kappa shape index (κ3) is 3.29. The van der Waals surface area contributed by atoms with Crippen molar-refractivity contribution in [3.05, 3.63) is 62.8 Å². The monoisotopic (exact) mass is 262 g/mol. The van der Waals surface area contributed by atoms with E-state index in [4.69, 9.17) is 11.6 Å². The zero-order valence-electron chi connectivity index (χ0n) is 9.31. The molecule has 2 rings (SSSR count). The summed E-state index contributed by atoms with van der Waals surface area (Å²) in [7, 11) is 0. The van der Waals surface area contributed by atoms with Crippen molar-refractivity contribution in [2.24, 2.45) is 0 Å². The van der Waals surface area contributed by atoms with Gasteiger partial charge in [-0.3, -0.25) is 4.79 Å². The largest absolute Gasteiger partial charge is 0.288 e. The van der Waals surface area contributed by atoms with Gasteiger partial charge in [0.1, 0.15) is 0 Å². The Kier molecular flexibility index (Phi) is 3.77. The molecule has 2 aromatic rings. The highest BCUT2D eigenvalue weighted by atomic mass is 35.5. The highest BCUT2D eigenvalue weighted by Crippen LogP contribution is 2.17. The minimum atomic E-state index is 0.0306. The van der Waals surface area contributed by atoms with Crippen LogP contribution in [0.1, 0.15) is 20.1 Å². The Morgan fingerprint density at radius 3 is 2.76 bits per heavy atom. The molecule has 0 radical (unpaired) electrons. The summed E-state index contributed by atoms with van der Waals surface area (Å²) in [6, 6.07) is 11.2. The van der Waals surface area contributed by atoms with Gasteiger partial charge in [0.15, 0.2) is 5.78 Å². The summed E-state index contributed by atoms with van der Waals surface area (Å²) in [5.41, 5.74) is 0.930. The molecule has 3 heteroatoms. The number of carbonyl (C=O) groups excluding carboxylic acids is 1. The van der Waals surface area contributed by atoms with Gasteiger partial charge in [-0.25, -0.2) is 0 Å². The molecule has 0 fully saturated rings. The lowest BCUT2D eigenvalue weighted by Gasteiger charge is -1.93. The van der Waals surface area contributed by atoms with Crippen molar-refractivity contribution in [2.75, 3.05) is 0 Å². The van der Waals surface area contributed by atoms with Crippen LogP contribution >= 0.6 is 22.9 Å². The van der Waals surface area contributed by atoms with Crippen LogP contribution in [-0.4, -0.2) is 5.78 Å². The Bertz CT molecular complexity index is 569. The number of ketones is 1. The Labute approximate surface area is 109 Å². The molecule has 17 heavy (non-hydrogen) atoms. The van der Waals surface area contributed by atoms with Crippen LogP contribution in [0.15, 0.2) is 42.5 Å². The zero-order chi connectivity index (χ0) is 12.3. The van der Waals surface area contributed by atoms with E-state index in [1.165, 1.54) is 11.3 Å². The molecular formula is C14H11ClOS. The number of hydrogen-bond acceptors (Lipinski definition) is 2. The molecule has 0 aliphatic rings. The van der Waals surface area contributed by atoms with Crippen LogP contribution in [0.25, 0.3) is 6.08 Å². The van der Waals surface area contributed by atoms with Crippen molar-refractivity contribution in [1.82, 2.24) is 0 Å². The van der Waals surface area contributed by atoms with Crippen LogP contribution in [0.5, 0.6) is 0 Å². The zero-order valence-corrected chi connectivity index (χ0v) is 10.9. The molecule has 1 aromatic carbocycles. The van der Waals surface area contributed by atoms with E-state index < -0.39 is 0 Å². The van der Waals surface area contributed by atoms with Crippen LogP contribution in [-0.2, 0) is 0 Å². The lowest BCUT2D eigenvalue weighted by atomic mass is 10.2. The summed E-state index contributed by atoms with van der Waals surface area (Å²) in [4.78, 5) is 13.7. The molecule has 1 aromatic heterocycles. The van der Waals surface area contributed by atoms with Crippen molar-refractivity contribution in [3.63, 3.8) is 0 Å². The van der Waals surface area contributed by atoms with Gasteiger partial charge in [-0.15, -0.1) is 11.3 Å². The first-order chi connectivity index (χ1) is 8.15. The molecule has 0 saturated carbocycles. The van der Waals surface area contributed by atoms with Gasteiger partial charge in [-0.05, 0) is 42.8 Å². The van der Waals surface area contributed by atoms with E-state index in [9.17, 15) is 4.79 Å². The average Bonchev–Trinajstić information content (AvgIpc) is 2.73. The number of carbonyl (C=O) groups is 1. The Balaban J connectivity index is 2.13. The second-order valence-corrected chi connectivity index (χ2v) is 5.39. The number of hydrogen-bond donors (Lipinski definition) is 0. The highest BCUT2D eigenvalue weighted by molar-refractivity contribution is 7.14. The van der Waals surface area contributed by atoms with Gasteiger partial charge in [-0.1, -0.05) is 29.8 Å². The lowest BCUT2D eigenvalue weighted by molar-refractivity contribution is 0.105. The predicted molar refractivity (Wildman–Crippen MR) is 73.9 cm³/mol. The number of thiophene rings is 1. The molecule has 0 bridgehead atoms. The minimum absolute atomic E-state index is 0.0306. The van der Waals surface area contributed by atoms with Crippen LogP contribution in [0.4, 0.5) is 0 Å². The summed E-state index contributed by atoms with van der Waals surface area (Å²) < 4.78 is 0. The van der Waals surface area contributed by atoms with Gasteiger partial charge < -0.3 is 0 Å². The van der Waals surface area contributed by atoms with Crippen LogP contribution in [0.2, 0.25) is 5.02 Å². The van der Waals surface area contributed by atoms with Gasteiger partial charge >= 0.3 is 0 Å². The van der Waals surface area contributed by atoms with Crippen LogP contribution in [0.3, 0.4) is 0 Å². The summed E-state index contributed by atoms with van der Waals surface area (Å²) in [5.74, 6) is 0.0306. The first-order valence-corrected chi connectivity index (χ1v) is 6.39. The van der Waals surface area contributed by atoms with Gasteiger partial charge in [0.2, 0.25) is 0 Å². The third-order valence-electron chi connectivity index (χ3n) is 2.26. The third-order valence-corrected chi connectivity index (χ3v) is 3.51. The molecule has 86 valence electrons. The average molecular weight is 263 g/mol. The summed E-state index contributed by atoms with van der Waals surface area (Å²) in [5, 5.41) is 0.673. The van der Waals surface area contributed by atoms with Gasteiger partial charge in [0, 0.05) is 9.90 Å². The van der Waals surface area contributed by atoms with Gasteiger partial charge in [0.05, 0.1) is 4.88 Å². The minimum Gasteiger partial charge on any atom is -0.288 e. The van der Waals surface area contributed by atoms with E-state index in [0.29, 0.717) is 5.02 Å². The summed E-state index contributed by atoms with van der Waals surface area (Å²) in [6.07, 6.45) is 3.36. The first-order valence-electron chi connectivity index (χ1n) is 5.19. The molecule has 1 nitrogen and oxygen atoms in total. The van der Waals surface area contributed by atoms with E-state index >= 15 is 0 Å². The van der Waals surface area contributed by atoms with E-state index in [1.807, 2.05) is 43.3 Å². The summed E-state index contributed by atoms with van der Waals surface area (Å²) >= 11 is 7.37. The Hall–Kier alpha value is -1.38. The smallest absolute Gasteiger partial charge is 0.195 e. The standard InChI is InChI=1S/C14H11ClOS/c1-10-5-8-14(17-10)13(16)7-6-11-3-2-4-12(15)9-11/h2-9H,1H3/b7-6+. The molecule has 0 amide bonds. The second kappa shape index (κ2) is 5.30. The fourth-order valence-electron chi connectivity index (χ4n) is 1.43. The predicted octanol–water partition coefficient (Wildman–Crippen LogP) is 4.61. The van der Waals surface area contributed by atoms with E-state index in [2.05, 4.69) is 0 Å². The van der Waals surface area contributed by atoms with Crippen molar-refractivity contribution >= 4 is 34.8 Å². The maximum absolute atomic E-state index is 11.8. The molecule has 0 aliphatic carbocycles. The van der Waals surface area contributed by atoms with Crippen molar-refractivity contribution < 1.29 is 4.79 Å². The fraction of sp³-hybridized carbons (Fsp3) is 0.0714. The molecule has 0 aliphatic heterocycles. The SMILES string of the molecule is Cc1ccc(C(=O)/C=C/c2cccc(Cl)c2)s1. The summed E-state index contributed by atoms with van der Waals surface area (Å²) in [6.45, 7) is 1.99. The fourth-order valence-corrected chi connectivity index (χ4v) is 2.42. The molecule has 0 N–H and O–H groups in total. The maximum atomic E-state index is 11.8. The Morgan fingerprint density at radius 1 is 1.29 bits per heavy atom. The topological polar surface area (TPSA) is 17.1 Å². The second-order valence-electron chi connectivity index (χ2n) is 3.66. The molecule has 0 spiro atoms. The van der Waals surface area contributed by atoms with Crippen molar-refractivity contribution in [3.8, 4) is 0 Å². The molecule has 0 atom stereocenters. The van der Waals surface area contributed by atoms with Crippen LogP contribution < -0.4 is 0 Å². The highest BCUT2D eigenvalue weighted by Gasteiger charge is 2.03. The molecular weight excluding hydrogens is 252 g/mol. The number of allylic oxidation sites excluding steroid dienone is 1. The van der Waals surface area contributed by atoms with Crippen molar-refractivity contribution in [2.45, 2.75) is 6.92 Å². The van der Waals surface area contributed by atoms with E-state index in [0.717, 1.165) is 15.3 Å². The molecule has 0 saturated heterocycles. The number of benzene rings is 1. The Morgan fingerprint density at radius 2 is 2.12 bits per heavy atom. The molecule has 1 heterocycles. The van der Waals surface area contributed by atoms with Gasteiger partial charge in [-0.2, -0.15) is 0 Å². The normalized spacial score (nSPS) is 10.9. The number of halogens is 1. The number of rotatable bonds is 3. The van der Waals surface area contributed by atoms with Gasteiger partial charge in [0.25, 0.3) is 0 Å².